The Morgan fingerprint density at radius 1 is 0.778 bits per heavy atom. The lowest BCUT2D eigenvalue weighted by Gasteiger charge is -1.91. The summed E-state index contributed by atoms with van der Waals surface area (Å²) in [4.78, 5) is 2.40. The lowest BCUT2D eigenvalue weighted by Crippen LogP contribution is -1.64. The number of thioether (sulfide) groups is 2. The molecule has 0 atom stereocenters. The lowest BCUT2D eigenvalue weighted by molar-refractivity contribution is 1.47. The van der Waals surface area contributed by atoms with Crippen molar-refractivity contribution in [3.05, 3.63) is 72.1 Å². The van der Waals surface area contributed by atoms with Crippen molar-refractivity contribution in [1.82, 2.24) is 0 Å². The SMILES string of the molecule is C(#CSc1ccccc1)/C=C\Sc1ccccc1. The first-order chi connectivity index (χ1) is 8.95. The molecule has 0 heterocycles. The summed E-state index contributed by atoms with van der Waals surface area (Å²) in [5.74, 6) is 3.02. The largest absolute Gasteiger partial charge is 0.0974 e. The predicted molar refractivity (Wildman–Crippen MR) is 81.5 cm³/mol. The third kappa shape index (κ3) is 4.75. The molecule has 2 rings (SSSR count). The van der Waals surface area contributed by atoms with Crippen molar-refractivity contribution < 1.29 is 0 Å². The molecule has 0 aliphatic heterocycles. The highest BCUT2D eigenvalue weighted by atomic mass is 32.2. The van der Waals surface area contributed by atoms with Crippen molar-refractivity contribution in [3.8, 4) is 11.2 Å². The normalized spacial score (nSPS) is 10.0. The van der Waals surface area contributed by atoms with Gasteiger partial charge in [-0.3, -0.25) is 0 Å². The van der Waals surface area contributed by atoms with Crippen LogP contribution < -0.4 is 0 Å². The molecule has 0 saturated carbocycles. The molecule has 0 fully saturated rings. The average molecular weight is 268 g/mol. The zero-order valence-electron chi connectivity index (χ0n) is 9.74. The third-order valence-corrected chi connectivity index (χ3v) is 3.61. The first kappa shape index (κ1) is 12.9. The monoisotopic (exact) mass is 268 g/mol. The van der Waals surface area contributed by atoms with E-state index in [2.05, 4.69) is 35.4 Å². The molecule has 0 aromatic heterocycles. The molecule has 18 heavy (non-hydrogen) atoms. The minimum absolute atomic E-state index is 1.18. The second kappa shape index (κ2) is 7.71. The van der Waals surface area contributed by atoms with E-state index in [0.717, 1.165) is 0 Å². The van der Waals surface area contributed by atoms with E-state index in [1.165, 1.54) is 9.79 Å². The molecule has 0 radical (unpaired) electrons. The first-order valence-corrected chi connectivity index (χ1v) is 7.24. The van der Waals surface area contributed by atoms with Crippen LogP contribution in [0.4, 0.5) is 0 Å². The van der Waals surface area contributed by atoms with Gasteiger partial charge in [-0.25, -0.2) is 0 Å². The van der Waals surface area contributed by atoms with E-state index in [1.807, 2.05) is 47.9 Å². The standard InChI is InChI=1S/C16H12S2/c1-3-9-15(10-4-1)17-13-7-8-14-18-16-11-5-2-6-12-16/h1-7,9-13H/b13-7-. The van der Waals surface area contributed by atoms with Crippen LogP contribution in [0.5, 0.6) is 0 Å². The Hall–Kier alpha value is -1.56. The van der Waals surface area contributed by atoms with Crippen molar-refractivity contribution in [1.29, 1.82) is 0 Å². The molecule has 2 heteroatoms. The Morgan fingerprint density at radius 2 is 1.39 bits per heavy atom. The van der Waals surface area contributed by atoms with Gasteiger partial charge in [-0.15, -0.1) is 0 Å². The molecule has 0 aliphatic carbocycles. The molecule has 0 saturated heterocycles. The van der Waals surface area contributed by atoms with Gasteiger partial charge in [0.15, 0.2) is 0 Å². The fourth-order valence-electron chi connectivity index (χ4n) is 1.26. The molecular formula is C16H12S2. The molecule has 88 valence electrons. The summed E-state index contributed by atoms with van der Waals surface area (Å²) < 4.78 is 0. The summed E-state index contributed by atoms with van der Waals surface area (Å²) in [6.45, 7) is 0. The quantitative estimate of drug-likeness (QED) is 0.564. The molecule has 0 aliphatic rings. The fraction of sp³-hybridized carbons (Fsp3) is 0. The van der Waals surface area contributed by atoms with Gasteiger partial charge in [-0.05, 0) is 52.8 Å². The summed E-state index contributed by atoms with van der Waals surface area (Å²) in [7, 11) is 0. The van der Waals surface area contributed by atoms with Gasteiger partial charge in [0, 0.05) is 9.79 Å². The van der Waals surface area contributed by atoms with Crippen molar-refractivity contribution in [2.45, 2.75) is 9.79 Å². The topological polar surface area (TPSA) is 0 Å². The smallest absolute Gasteiger partial charge is 0.0203 e. The third-order valence-electron chi connectivity index (χ3n) is 2.07. The maximum Gasteiger partial charge on any atom is 0.0203 e. The Balaban J connectivity index is 1.78. The summed E-state index contributed by atoms with van der Waals surface area (Å²) >= 11 is 3.22. The van der Waals surface area contributed by atoms with Crippen LogP contribution in [0.1, 0.15) is 0 Å². The maximum atomic E-state index is 3.05. The van der Waals surface area contributed by atoms with Crippen LogP contribution in [0.3, 0.4) is 0 Å². The maximum absolute atomic E-state index is 3.05. The van der Waals surface area contributed by atoms with Crippen molar-refractivity contribution >= 4 is 23.5 Å². The molecular weight excluding hydrogens is 256 g/mol. The average Bonchev–Trinajstić information content (AvgIpc) is 2.45. The van der Waals surface area contributed by atoms with Gasteiger partial charge in [0.1, 0.15) is 0 Å². The highest BCUT2D eigenvalue weighted by molar-refractivity contribution is 8.04. The van der Waals surface area contributed by atoms with E-state index in [1.54, 1.807) is 23.5 Å². The molecule has 2 aromatic carbocycles. The van der Waals surface area contributed by atoms with Crippen LogP contribution in [0.2, 0.25) is 0 Å². The highest BCUT2D eigenvalue weighted by Crippen LogP contribution is 2.18. The molecule has 0 unspecified atom stereocenters. The zero-order chi connectivity index (χ0) is 12.5. The van der Waals surface area contributed by atoms with Gasteiger partial charge in [0.25, 0.3) is 0 Å². The summed E-state index contributed by atoms with van der Waals surface area (Å²) in [5.41, 5.74) is 0. The van der Waals surface area contributed by atoms with Gasteiger partial charge in [-0.2, -0.15) is 0 Å². The molecule has 0 N–H and O–H groups in total. The molecule has 0 bridgehead atoms. The summed E-state index contributed by atoms with van der Waals surface area (Å²) in [5, 5.41) is 5.06. The van der Waals surface area contributed by atoms with E-state index >= 15 is 0 Å². The van der Waals surface area contributed by atoms with Crippen LogP contribution in [-0.4, -0.2) is 0 Å². The minimum atomic E-state index is 1.18. The first-order valence-electron chi connectivity index (χ1n) is 5.54. The Kier molecular flexibility index (Phi) is 5.52. The van der Waals surface area contributed by atoms with Crippen molar-refractivity contribution in [2.75, 3.05) is 0 Å². The van der Waals surface area contributed by atoms with Gasteiger partial charge < -0.3 is 0 Å². The number of hydrogen-bond acceptors (Lipinski definition) is 2. The van der Waals surface area contributed by atoms with Crippen LogP contribution >= 0.6 is 23.5 Å². The van der Waals surface area contributed by atoms with E-state index < -0.39 is 0 Å². The zero-order valence-corrected chi connectivity index (χ0v) is 11.4. The summed E-state index contributed by atoms with van der Waals surface area (Å²) in [6.07, 6.45) is 1.88. The van der Waals surface area contributed by atoms with E-state index in [-0.39, 0.29) is 0 Å². The van der Waals surface area contributed by atoms with Gasteiger partial charge in [0.05, 0.1) is 0 Å². The Morgan fingerprint density at radius 3 is 2.06 bits per heavy atom. The van der Waals surface area contributed by atoms with E-state index in [4.69, 9.17) is 0 Å². The second-order valence-electron chi connectivity index (χ2n) is 3.40. The number of rotatable bonds is 3. The summed E-state index contributed by atoms with van der Waals surface area (Å²) in [6, 6.07) is 20.4. The fourth-order valence-corrected chi connectivity index (χ4v) is 2.40. The lowest BCUT2D eigenvalue weighted by atomic mass is 10.4. The van der Waals surface area contributed by atoms with Crippen LogP contribution in [-0.2, 0) is 0 Å². The van der Waals surface area contributed by atoms with Gasteiger partial charge in [0.2, 0.25) is 0 Å². The van der Waals surface area contributed by atoms with E-state index in [0.29, 0.717) is 0 Å². The van der Waals surface area contributed by atoms with Gasteiger partial charge in [-0.1, -0.05) is 54.1 Å². The predicted octanol–water partition coefficient (Wildman–Crippen LogP) is 5.05. The molecule has 0 spiro atoms. The van der Waals surface area contributed by atoms with Crippen molar-refractivity contribution in [2.24, 2.45) is 0 Å². The number of benzene rings is 2. The Labute approximate surface area is 117 Å². The molecule has 0 nitrogen and oxygen atoms in total. The van der Waals surface area contributed by atoms with Crippen LogP contribution in [0, 0.1) is 11.2 Å². The number of hydrogen-bond donors (Lipinski definition) is 0. The Bertz CT molecular complexity index is 548. The second-order valence-corrected chi connectivity index (χ2v) is 5.25. The molecule has 0 amide bonds. The van der Waals surface area contributed by atoms with Crippen LogP contribution in [0.15, 0.2) is 81.9 Å². The number of allylic oxidation sites excluding steroid dienone is 1. The van der Waals surface area contributed by atoms with Gasteiger partial charge >= 0.3 is 0 Å². The van der Waals surface area contributed by atoms with Crippen molar-refractivity contribution in [3.63, 3.8) is 0 Å². The van der Waals surface area contributed by atoms with E-state index in [9.17, 15) is 0 Å². The minimum Gasteiger partial charge on any atom is -0.0974 e. The molecule has 2 aromatic rings. The van der Waals surface area contributed by atoms with Crippen LogP contribution in [0.25, 0.3) is 0 Å². The highest BCUT2D eigenvalue weighted by Gasteiger charge is 1.86.